The number of ketones is 1. The van der Waals surface area contributed by atoms with Gasteiger partial charge in [0.15, 0.2) is 5.76 Å². The molecule has 0 saturated carbocycles. The summed E-state index contributed by atoms with van der Waals surface area (Å²) in [5, 5.41) is 0.298. The van der Waals surface area contributed by atoms with Crippen molar-refractivity contribution in [3.05, 3.63) is 98.4 Å². The van der Waals surface area contributed by atoms with E-state index in [-0.39, 0.29) is 18.1 Å². The fraction of sp³-hybridized carbons (Fsp3) is 0.0455. The van der Waals surface area contributed by atoms with Crippen LogP contribution in [0.15, 0.2) is 70.9 Å². The minimum Gasteiger partial charge on any atom is -0.489 e. The van der Waals surface area contributed by atoms with Crippen molar-refractivity contribution in [2.45, 2.75) is 6.61 Å². The lowest BCUT2D eigenvalue weighted by atomic mass is 10.1. The quantitative estimate of drug-likeness (QED) is 0.421. The first-order chi connectivity index (χ1) is 13.5. The first-order valence-electron chi connectivity index (χ1n) is 8.40. The molecule has 3 aromatic carbocycles. The van der Waals surface area contributed by atoms with E-state index in [0.717, 1.165) is 10.0 Å². The molecule has 0 amide bonds. The molecular weight excluding hydrogens is 447 g/mol. The van der Waals surface area contributed by atoms with E-state index in [2.05, 4.69) is 15.9 Å². The van der Waals surface area contributed by atoms with Gasteiger partial charge in [-0.1, -0.05) is 45.7 Å². The number of carbonyl (C=O) groups is 1. The molecule has 0 aliphatic carbocycles. The van der Waals surface area contributed by atoms with Crippen LogP contribution in [0.25, 0.3) is 6.08 Å². The molecule has 0 bridgehead atoms. The summed E-state index contributed by atoms with van der Waals surface area (Å²) in [6.07, 6.45) is 1.70. The number of ether oxygens (including phenoxy) is 2. The molecule has 3 nitrogen and oxygen atoms in total. The average molecular weight is 460 g/mol. The number of carbonyl (C=O) groups excluding carboxylic acids is 1. The van der Waals surface area contributed by atoms with Crippen molar-refractivity contribution < 1.29 is 18.7 Å². The van der Waals surface area contributed by atoms with Gasteiger partial charge in [-0.25, -0.2) is 4.39 Å². The van der Waals surface area contributed by atoms with Crippen molar-refractivity contribution in [3.63, 3.8) is 0 Å². The highest BCUT2D eigenvalue weighted by Crippen LogP contribution is 2.35. The van der Waals surface area contributed by atoms with Crippen LogP contribution in [0.2, 0.25) is 5.02 Å². The lowest BCUT2D eigenvalue weighted by Crippen LogP contribution is -1.98. The number of hydrogen-bond acceptors (Lipinski definition) is 3. The SMILES string of the molecule is O=C1/C(=C/c2ccc(Br)cc2)Oc2cc(OCc3ccc(F)cc3Cl)ccc21. The first kappa shape index (κ1) is 18.7. The molecule has 0 atom stereocenters. The zero-order chi connectivity index (χ0) is 19.7. The Hall–Kier alpha value is -2.63. The Morgan fingerprint density at radius 3 is 2.61 bits per heavy atom. The summed E-state index contributed by atoms with van der Waals surface area (Å²) in [5.74, 6) is 0.651. The molecule has 0 aromatic heterocycles. The molecule has 0 saturated heterocycles. The second-order valence-electron chi connectivity index (χ2n) is 6.17. The Kier molecular flexibility index (Phi) is 5.20. The van der Waals surface area contributed by atoms with E-state index in [9.17, 15) is 9.18 Å². The van der Waals surface area contributed by atoms with Crippen molar-refractivity contribution in [1.29, 1.82) is 0 Å². The number of hydrogen-bond donors (Lipinski definition) is 0. The van der Waals surface area contributed by atoms with Crippen LogP contribution in [-0.2, 0) is 6.61 Å². The Morgan fingerprint density at radius 1 is 1.07 bits per heavy atom. The third-order valence-electron chi connectivity index (χ3n) is 4.22. The van der Waals surface area contributed by atoms with Crippen molar-refractivity contribution in [1.82, 2.24) is 0 Å². The maximum Gasteiger partial charge on any atom is 0.231 e. The van der Waals surface area contributed by atoms with Crippen LogP contribution in [0.3, 0.4) is 0 Å². The van der Waals surface area contributed by atoms with E-state index >= 15 is 0 Å². The molecule has 28 heavy (non-hydrogen) atoms. The van der Waals surface area contributed by atoms with Crippen molar-refractivity contribution in [2.24, 2.45) is 0 Å². The van der Waals surface area contributed by atoms with E-state index in [1.54, 1.807) is 30.3 Å². The number of fused-ring (bicyclic) bond motifs is 1. The second-order valence-corrected chi connectivity index (χ2v) is 7.50. The fourth-order valence-corrected chi connectivity index (χ4v) is 3.25. The second kappa shape index (κ2) is 7.78. The number of allylic oxidation sites excluding steroid dienone is 1. The van der Waals surface area contributed by atoms with Crippen LogP contribution in [0.1, 0.15) is 21.5 Å². The van der Waals surface area contributed by atoms with Gasteiger partial charge in [0.25, 0.3) is 0 Å². The maximum atomic E-state index is 13.1. The first-order valence-corrected chi connectivity index (χ1v) is 9.57. The van der Waals surface area contributed by atoms with Gasteiger partial charge in [-0.15, -0.1) is 0 Å². The van der Waals surface area contributed by atoms with E-state index in [1.807, 2.05) is 24.3 Å². The minimum absolute atomic E-state index is 0.174. The summed E-state index contributed by atoms with van der Waals surface area (Å²) < 4.78 is 25.5. The van der Waals surface area contributed by atoms with Crippen molar-refractivity contribution in [3.8, 4) is 11.5 Å². The zero-order valence-electron chi connectivity index (χ0n) is 14.4. The lowest BCUT2D eigenvalue weighted by Gasteiger charge is -2.08. The molecule has 0 unspecified atom stereocenters. The summed E-state index contributed by atoms with van der Waals surface area (Å²) in [4.78, 5) is 12.5. The molecule has 0 spiro atoms. The maximum absolute atomic E-state index is 13.1. The summed E-state index contributed by atoms with van der Waals surface area (Å²) in [6, 6.07) is 16.7. The molecule has 1 aliphatic rings. The van der Waals surface area contributed by atoms with Gasteiger partial charge in [-0.3, -0.25) is 4.79 Å². The van der Waals surface area contributed by atoms with Gasteiger partial charge < -0.3 is 9.47 Å². The van der Waals surface area contributed by atoms with Crippen LogP contribution in [0.5, 0.6) is 11.5 Å². The third-order valence-corrected chi connectivity index (χ3v) is 5.10. The Labute approximate surface area is 174 Å². The molecule has 1 heterocycles. The molecule has 0 radical (unpaired) electrons. The Morgan fingerprint density at radius 2 is 1.86 bits per heavy atom. The Balaban J connectivity index is 1.51. The highest BCUT2D eigenvalue weighted by atomic mass is 79.9. The fourth-order valence-electron chi connectivity index (χ4n) is 2.77. The molecular formula is C22H13BrClFO3. The zero-order valence-corrected chi connectivity index (χ0v) is 16.8. The predicted octanol–water partition coefficient (Wildman–Crippen LogP) is 6.44. The van der Waals surface area contributed by atoms with E-state index in [1.165, 1.54) is 12.1 Å². The summed E-state index contributed by atoms with van der Waals surface area (Å²) in [7, 11) is 0. The summed E-state index contributed by atoms with van der Waals surface area (Å²) in [5.41, 5.74) is 2.01. The number of halogens is 3. The van der Waals surface area contributed by atoms with Gasteiger partial charge in [0.1, 0.15) is 23.9 Å². The van der Waals surface area contributed by atoms with Crippen LogP contribution >= 0.6 is 27.5 Å². The van der Waals surface area contributed by atoms with Gasteiger partial charge in [-0.05, 0) is 48.0 Å². The average Bonchev–Trinajstić information content (AvgIpc) is 2.98. The van der Waals surface area contributed by atoms with Crippen molar-refractivity contribution in [2.75, 3.05) is 0 Å². The molecule has 140 valence electrons. The highest BCUT2D eigenvalue weighted by molar-refractivity contribution is 9.10. The van der Waals surface area contributed by atoms with Crippen LogP contribution in [0, 0.1) is 5.82 Å². The normalized spacial score (nSPS) is 14.1. The largest absolute Gasteiger partial charge is 0.489 e. The van der Waals surface area contributed by atoms with E-state index in [4.69, 9.17) is 21.1 Å². The standard InChI is InChI=1S/C22H13BrClFO3/c23-15-4-1-13(2-5-15)9-21-22(26)18-8-7-17(11-20(18)28-21)27-12-14-3-6-16(25)10-19(14)24/h1-11H,12H2/b21-9-. The smallest absolute Gasteiger partial charge is 0.231 e. The van der Waals surface area contributed by atoms with E-state index < -0.39 is 5.82 Å². The van der Waals surface area contributed by atoms with Gasteiger partial charge in [0, 0.05) is 16.1 Å². The number of benzene rings is 3. The molecule has 1 aliphatic heterocycles. The molecule has 6 heteroatoms. The van der Waals surface area contributed by atoms with Gasteiger partial charge >= 0.3 is 0 Å². The monoisotopic (exact) mass is 458 g/mol. The van der Waals surface area contributed by atoms with Crippen LogP contribution < -0.4 is 9.47 Å². The summed E-state index contributed by atoms with van der Waals surface area (Å²) in [6.45, 7) is 0.174. The van der Waals surface area contributed by atoms with Gasteiger partial charge in [-0.2, -0.15) is 0 Å². The molecule has 0 N–H and O–H groups in total. The molecule has 0 fully saturated rings. The van der Waals surface area contributed by atoms with Gasteiger partial charge in [0.05, 0.1) is 10.6 Å². The third kappa shape index (κ3) is 3.96. The van der Waals surface area contributed by atoms with Crippen LogP contribution in [-0.4, -0.2) is 5.78 Å². The van der Waals surface area contributed by atoms with Crippen molar-refractivity contribution >= 4 is 39.4 Å². The van der Waals surface area contributed by atoms with Crippen LogP contribution in [0.4, 0.5) is 4.39 Å². The number of rotatable bonds is 4. The minimum atomic E-state index is -0.400. The lowest BCUT2D eigenvalue weighted by molar-refractivity contribution is 0.101. The summed E-state index contributed by atoms with van der Waals surface area (Å²) >= 11 is 9.40. The number of Topliss-reactive ketones (excluding diaryl/α,β-unsaturated/α-hetero) is 1. The van der Waals surface area contributed by atoms with E-state index in [0.29, 0.717) is 27.6 Å². The predicted molar refractivity (Wildman–Crippen MR) is 109 cm³/mol. The topological polar surface area (TPSA) is 35.5 Å². The highest BCUT2D eigenvalue weighted by Gasteiger charge is 2.27. The van der Waals surface area contributed by atoms with Gasteiger partial charge in [0.2, 0.25) is 5.78 Å². The molecule has 4 rings (SSSR count). The molecule has 3 aromatic rings. The Bertz CT molecular complexity index is 1090.